The zero-order chi connectivity index (χ0) is 34.4. The van der Waals surface area contributed by atoms with Gasteiger partial charge in [-0.05, 0) is 74.1 Å². The normalized spacial score (nSPS) is 17.9. The standard InChI is InChI=1S/C38H43N5O5/c1-7-23-18(3)27-14-29-20(5)25(10-11-34(46)39-17-22(44)9-12-35(47)48)37(42-29)26-13-33(45)36-21(6)30(43-38(26)36)16-32-24(8-2)19(4)28(41-32)15-31(23)40-27/h7,14-16,20,25,40-43H,1,8-13,17H2,2-6H3,(H,39,46)(H,47,48)/t20-,25-/m0/s1. The van der Waals surface area contributed by atoms with E-state index in [4.69, 9.17) is 5.11 Å². The summed E-state index contributed by atoms with van der Waals surface area (Å²) >= 11 is 0. The number of carboxylic acid groups (broad SMARTS) is 1. The first-order valence-electron chi connectivity index (χ1n) is 16.7. The number of aromatic nitrogens is 3. The Bertz CT molecular complexity index is 2080. The highest BCUT2D eigenvalue weighted by atomic mass is 16.4. The quantitative estimate of drug-likeness (QED) is 0.192. The van der Waals surface area contributed by atoms with E-state index in [1.54, 1.807) is 0 Å². The van der Waals surface area contributed by atoms with E-state index in [1.807, 2.05) is 13.0 Å². The summed E-state index contributed by atoms with van der Waals surface area (Å²) in [5.74, 6) is -1.67. The average molecular weight is 650 g/mol. The number of Topliss-reactive ketones (excluding diaryl/α,β-unsaturated/α-hetero) is 2. The Morgan fingerprint density at radius 1 is 0.958 bits per heavy atom. The molecule has 0 radical (unpaired) electrons. The second-order valence-corrected chi connectivity index (χ2v) is 13.2. The number of allylic oxidation sites excluding steroid dienone is 3. The molecule has 0 spiro atoms. The lowest BCUT2D eigenvalue weighted by Crippen LogP contribution is -2.30. The summed E-state index contributed by atoms with van der Waals surface area (Å²) < 4.78 is 0. The van der Waals surface area contributed by atoms with Crippen LogP contribution in [0.1, 0.15) is 107 Å². The number of carbonyl (C=O) groups is 4. The highest BCUT2D eigenvalue weighted by molar-refractivity contribution is 6.13. The van der Waals surface area contributed by atoms with Crippen LogP contribution in [0.2, 0.25) is 0 Å². The third kappa shape index (κ3) is 5.80. The highest BCUT2D eigenvalue weighted by Gasteiger charge is 2.39. The number of aromatic amines is 3. The van der Waals surface area contributed by atoms with E-state index in [-0.39, 0.29) is 61.5 Å². The number of carboxylic acids is 1. The molecular weight excluding hydrogens is 606 g/mol. The van der Waals surface area contributed by atoms with Crippen LogP contribution in [0, 0.1) is 32.6 Å². The number of hydrogen-bond donors (Lipinski definition) is 6. The summed E-state index contributed by atoms with van der Waals surface area (Å²) in [6.45, 7) is 14.4. The molecule has 2 aliphatic heterocycles. The Morgan fingerprint density at radius 2 is 1.69 bits per heavy atom. The summed E-state index contributed by atoms with van der Waals surface area (Å²) in [6, 6.07) is 0. The summed E-state index contributed by atoms with van der Waals surface area (Å²) in [6.07, 6.45) is 9.64. The van der Waals surface area contributed by atoms with Crippen LogP contribution in [-0.2, 0) is 20.8 Å². The highest BCUT2D eigenvalue weighted by Crippen LogP contribution is 2.45. The molecule has 1 amide bonds. The minimum absolute atomic E-state index is 0.00311. The fourth-order valence-electron chi connectivity index (χ4n) is 7.52. The van der Waals surface area contributed by atoms with E-state index < -0.39 is 5.97 Å². The van der Waals surface area contributed by atoms with Crippen molar-refractivity contribution in [3.8, 4) is 0 Å². The van der Waals surface area contributed by atoms with E-state index >= 15 is 0 Å². The van der Waals surface area contributed by atoms with E-state index in [1.165, 1.54) is 11.1 Å². The molecule has 10 nitrogen and oxygen atoms in total. The minimum Gasteiger partial charge on any atom is -0.481 e. The van der Waals surface area contributed by atoms with Crippen LogP contribution in [-0.4, -0.2) is 50.0 Å². The predicted molar refractivity (Wildman–Crippen MR) is 186 cm³/mol. The molecule has 1 aliphatic carbocycles. The van der Waals surface area contributed by atoms with Crippen molar-refractivity contribution in [1.82, 2.24) is 25.6 Å². The van der Waals surface area contributed by atoms with Crippen molar-refractivity contribution in [3.05, 3.63) is 84.8 Å². The molecule has 6 N–H and O–H groups in total. The van der Waals surface area contributed by atoms with Crippen molar-refractivity contribution in [1.29, 1.82) is 0 Å². The maximum absolute atomic E-state index is 13.6. The van der Waals surface area contributed by atoms with E-state index in [2.05, 4.69) is 78.1 Å². The van der Waals surface area contributed by atoms with Crippen LogP contribution in [0.15, 0.2) is 18.0 Å². The molecule has 3 aliphatic rings. The van der Waals surface area contributed by atoms with Gasteiger partial charge >= 0.3 is 5.97 Å². The Balaban J connectivity index is 1.46. The van der Waals surface area contributed by atoms with Gasteiger partial charge in [-0.1, -0.05) is 26.5 Å². The van der Waals surface area contributed by atoms with Gasteiger partial charge in [0.25, 0.3) is 0 Å². The molecule has 1 saturated heterocycles. The molecule has 5 heterocycles. The number of nitrogens with one attached hydrogen (secondary N) is 5. The second-order valence-electron chi connectivity index (χ2n) is 13.2. The van der Waals surface area contributed by atoms with Crippen molar-refractivity contribution in [2.45, 2.75) is 73.1 Å². The summed E-state index contributed by atoms with van der Waals surface area (Å²) in [4.78, 5) is 60.2. The predicted octanol–water partition coefficient (Wildman–Crippen LogP) is 4.30. The first kappa shape index (κ1) is 32.8. The third-order valence-electron chi connectivity index (χ3n) is 10.3. The van der Waals surface area contributed by atoms with Gasteiger partial charge in [-0.15, -0.1) is 0 Å². The van der Waals surface area contributed by atoms with E-state index in [0.717, 1.165) is 73.6 Å². The van der Waals surface area contributed by atoms with Crippen molar-refractivity contribution in [2.24, 2.45) is 11.8 Å². The summed E-state index contributed by atoms with van der Waals surface area (Å²) in [7, 11) is 0. The number of aliphatic carboxylic acids is 1. The van der Waals surface area contributed by atoms with Crippen LogP contribution in [0.5, 0.6) is 0 Å². The molecule has 0 saturated carbocycles. The Kier molecular flexibility index (Phi) is 8.76. The number of fused-ring (bicyclic) bond motifs is 7. The third-order valence-corrected chi connectivity index (χ3v) is 10.3. The molecule has 0 aromatic carbocycles. The van der Waals surface area contributed by atoms with Gasteiger partial charge in [-0.25, -0.2) is 0 Å². The zero-order valence-corrected chi connectivity index (χ0v) is 28.2. The van der Waals surface area contributed by atoms with Crippen molar-refractivity contribution < 1.29 is 24.3 Å². The SMILES string of the molecule is C=Cc1c2[nH]c(c1C)C=C1NC(=C3CC(=O)c4c3[nH]c(c4C)C=c3[nH]c(c(C)c3CC)=C2)[C@@H](CCC(=O)NCC(=O)CCC(=O)O)[C@@H]1C. The van der Waals surface area contributed by atoms with Gasteiger partial charge in [0, 0.05) is 87.0 Å². The topological polar surface area (TPSA) is 160 Å². The molecule has 8 bridgehead atoms. The maximum atomic E-state index is 13.6. The van der Waals surface area contributed by atoms with Crippen LogP contribution < -0.4 is 21.3 Å². The number of carbonyl (C=O) groups excluding carboxylic acids is 3. The monoisotopic (exact) mass is 649 g/mol. The van der Waals surface area contributed by atoms with Gasteiger partial charge in [-0.3, -0.25) is 19.2 Å². The van der Waals surface area contributed by atoms with Crippen molar-refractivity contribution in [2.75, 3.05) is 6.54 Å². The van der Waals surface area contributed by atoms with Crippen LogP contribution >= 0.6 is 0 Å². The van der Waals surface area contributed by atoms with Gasteiger partial charge in [0.1, 0.15) is 0 Å². The van der Waals surface area contributed by atoms with Gasteiger partial charge in [0.05, 0.1) is 18.7 Å². The largest absolute Gasteiger partial charge is 0.481 e. The molecule has 0 unspecified atom stereocenters. The van der Waals surface area contributed by atoms with E-state index in [0.29, 0.717) is 12.0 Å². The van der Waals surface area contributed by atoms with Gasteiger partial charge in [0.2, 0.25) is 5.91 Å². The number of H-pyrrole nitrogens is 3. The second kappa shape index (κ2) is 12.8. The lowest BCUT2D eigenvalue weighted by Gasteiger charge is -2.17. The van der Waals surface area contributed by atoms with Gasteiger partial charge < -0.3 is 30.7 Å². The molecule has 10 heteroatoms. The zero-order valence-electron chi connectivity index (χ0n) is 28.2. The Labute approximate surface area is 279 Å². The lowest BCUT2D eigenvalue weighted by atomic mass is 9.86. The summed E-state index contributed by atoms with van der Waals surface area (Å²) in [5.41, 5.74) is 12.6. The molecule has 6 rings (SSSR count). The average Bonchev–Trinajstić information content (AvgIpc) is 3.80. The van der Waals surface area contributed by atoms with Crippen molar-refractivity contribution in [3.63, 3.8) is 0 Å². The lowest BCUT2D eigenvalue weighted by molar-refractivity contribution is -0.138. The Hall–Kier alpha value is -5.12. The molecule has 48 heavy (non-hydrogen) atoms. The number of hydrogen-bond acceptors (Lipinski definition) is 5. The fourth-order valence-corrected chi connectivity index (χ4v) is 7.52. The smallest absolute Gasteiger partial charge is 0.303 e. The number of rotatable bonds is 10. The maximum Gasteiger partial charge on any atom is 0.303 e. The van der Waals surface area contributed by atoms with Crippen LogP contribution in [0.4, 0.5) is 0 Å². The molecule has 2 atom stereocenters. The molecule has 1 fully saturated rings. The van der Waals surface area contributed by atoms with E-state index in [9.17, 15) is 19.2 Å². The number of ketones is 2. The van der Waals surface area contributed by atoms with Crippen molar-refractivity contribution >= 4 is 53.3 Å². The fraction of sp³-hybridized carbons (Fsp3) is 0.368. The van der Waals surface area contributed by atoms with Gasteiger partial charge in [0.15, 0.2) is 11.6 Å². The minimum atomic E-state index is -1.05. The van der Waals surface area contributed by atoms with Gasteiger partial charge in [-0.2, -0.15) is 0 Å². The Morgan fingerprint density at radius 3 is 2.40 bits per heavy atom. The number of amides is 1. The van der Waals surface area contributed by atoms with Crippen LogP contribution in [0.25, 0.3) is 29.9 Å². The first-order chi connectivity index (χ1) is 22.9. The first-order valence-corrected chi connectivity index (χ1v) is 16.7. The molecular formula is C38H43N5O5. The molecule has 3 aromatic heterocycles. The summed E-state index contributed by atoms with van der Waals surface area (Å²) in [5, 5.41) is 17.2. The molecule has 250 valence electrons. The van der Waals surface area contributed by atoms with Crippen LogP contribution in [0.3, 0.4) is 0 Å². The molecule has 3 aromatic rings.